The van der Waals surface area contributed by atoms with Crippen LogP contribution in [-0.4, -0.2) is 48.1 Å². The molecule has 0 saturated carbocycles. The van der Waals surface area contributed by atoms with Gasteiger partial charge in [-0.15, -0.1) is 0 Å². The molecule has 1 aromatic heterocycles. The average Bonchev–Trinajstić information content (AvgIpc) is 2.50. The Balaban J connectivity index is 1.81. The molecule has 1 saturated heterocycles. The van der Waals surface area contributed by atoms with Gasteiger partial charge < -0.3 is 15.0 Å². The minimum atomic E-state index is -0.0421. The number of nitrogens with zero attached hydrogens (tertiary/aromatic N) is 2. The van der Waals surface area contributed by atoms with Gasteiger partial charge in [0.25, 0.3) is 5.91 Å². The molecule has 0 unspecified atom stereocenters. The van der Waals surface area contributed by atoms with Crippen LogP contribution in [0.15, 0.2) is 18.3 Å². The fourth-order valence-corrected chi connectivity index (χ4v) is 2.63. The van der Waals surface area contributed by atoms with Crippen LogP contribution in [0.3, 0.4) is 0 Å². The number of carbonyl (C=O) groups excluding carboxylic acids is 1. The van der Waals surface area contributed by atoms with Crippen molar-refractivity contribution in [3.05, 3.63) is 23.9 Å². The second-order valence-corrected chi connectivity index (χ2v) is 5.41. The molecule has 1 aliphatic heterocycles. The van der Waals surface area contributed by atoms with Crippen molar-refractivity contribution in [3.8, 4) is 5.88 Å². The molecule has 21 heavy (non-hydrogen) atoms. The number of piperidine rings is 1. The van der Waals surface area contributed by atoms with Gasteiger partial charge in [0.05, 0.1) is 12.2 Å². The number of ether oxygens (including phenoxy) is 1. The maximum Gasteiger partial charge on any atom is 0.253 e. The highest BCUT2D eigenvalue weighted by molar-refractivity contribution is 5.94. The van der Waals surface area contributed by atoms with Crippen LogP contribution in [0.5, 0.6) is 5.88 Å². The molecule has 5 heteroatoms. The van der Waals surface area contributed by atoms with Gasteiger partial charge in [-0.1, -0.05) is 6.92 Å². The third kappa shape index (κ3) is 4.70. The number of nitrogens with one attached hydrogen (secondary N) is 1. The van der Waals surface area contributed by atoms with Gasteiger partial charge in [0, 0.05) is 31.4 Å². The molecule has 1 N–H and O–H groups in total. The zero-order valence-corrected chi connectivity index (χ0v) is 13.0. The topological polar surface area (TPSA) is 54.5 Å². The van der Waals surface area contributed by atoms with Crippen molar-refractivity contribution in [2.45, 2.75) is 39.2 Å². The van der Waals surface area contributed by atoms with Crippen LogP contribution in [0.1, 0.15) is 43.5 Å². The molecule has 0 radical (unpaired) electrons. The van der Waals surface area contributed by atoms with E-state index in [4.69, 9.17) is 4.74 Å². The molecule has 0 spiro atoms. The predicted octanol–water partition coefficient (Wildman–Crippen LogP) is 2.08. The summed E-state index contributed by atoms with van der Waals surface area (Å²) in [4.78, 5) is 18.8. The second kappa shape index (κ2) is 7.98. The second-order valence-electron chi connectivity index (χ2n) is 5.41. The first-order valence-electron chi connectivity index (χ1n) is 7.85. The monoisotopic (exact) mass is 291 g/mol. The standard InChI is InChI=1S/C16H25N3O2/c1-3-9-19-10-7-14(8-11-19)18-16(20)13-5-6-15(17-12-13)21-4-2/h5-6,12,14H,3-4,7-11H2,1-2H3,(H,18,20). The van der Waals surface area contributed by atoms with Crippen molar-refractivity contribution >= 4 is 5.91 Å². The summed E-state index contributed by atoms with van der Waals surface area (Å²) in [6.45, 7) is 7.99. The summed E-state index contributed by atoms with van der Waals surface area (Å²) in [5.41, 5.74) is 0.592. The Morgan fingerprint density at radius 1 is 1.38 bits per heavy atom. The van der Waals surface area contributed by atoms with E-state index < -0.39 is 0 Å². The van der Waals surface area contributed by atoms with Crippen LogP contribution in [-0.2, 0) is 0 Å². The zero-order valence-electron chi connectivity index (χ0n) is 13.0. The van der Waals surface area contributed by atoms with E-state index in [9.17, 15) is 4.79 Å². The van der Waals surface area contributed by atoms with E-state index in [1.165, 1.54) is 6.42 Å². The lowest BCUT2D eigenvalue weighted by Gasteiger charge is -2.32. The Morgan fingerprint density at radius 3 is 2.71 bits per heavy atom. The number of pyridine rings is 1. The van der Waals surface area contributed by atoms with E-state index in [1.807, 2.05) is 6.92 Å². The first-order valence-corrected chi connectivity index (χ1v) is 7.85. The van der Waals surface area contributed by atoms with Gasteiger partial charge in [-0.2, -0.15) is 0 Å². The fourth-order valence-electron chi connectivity index (χ4n) is 2.63. The fraction of sp³-hybridized carbons (Fsp3) is 0.625. The van der Waals surface area contributed by atoms with Crippen molar-refractivity contribution in [3.63, 3.8) is 0 Å². The smallest absolute Gasteiger partial charge is 0.253 e. The highest BCUT2D eigenvalue weighted by Crippen LogP contribution is 2.12. The summed E-state index contributed by atoms with van der Waals surface area (Å²) in [6, 6.07) is 3.78. The summed E-state index contributed by atoms with van der Waals surface area (Å²) in [7, 11) is 0. The number of rotatable bonds is 6. The molecule has 116 valence electrons. The van der Waals surface area contributed by atoms with E-state index in [2.05, 4.69) is 22.1 Å². The summed E-state index contributed by atoms with van der Waals surface area (Å²) >= 11 is 0. The van der Waals surface area contributed by atoms with Crippen molar-refractivity contribution in [1.82, 2.24) is 15.2 Å². The quantitative estimate of drug-likeness (QED) is 0.872. The Bertz CT molecular complexity index is 439. The van der Waals surface area contributed by atoms with Gasteiger partial charge >= 0.3 is 0 Å². The normalized spacial score (nSPS) is 16.7. The van der Waals surface area contributed by atoms with Crippen LogP contribution in [0, 0.1) is 0 Å². The molecular weight excluding hydrogens is 266 g/mol. The summed E-state index contributed by atoms with van der Waals surface area (Å²) in [5, 5.41) is 3.10. The minimum Gasteiger partial charge on any atom is -0.478 e. The number of hydrogen-bond donors (Lipinski definition) is 1. The van der Waals surface area contributed by atoms with Gasteiger partial charge in [0.15, 0.2) is 0 Å². The molecule has 2 heterocycles. The molecule has 0 atom stereocenters. The Kier molecular flexibility index (Phi) is 5.99. The molecule has 1 aliphatic rings. The van der Waals surface area contributed by atoms with Gasteiger partial charge in [-0.05, 0) is 38.8 Å². The SMILES string of the molecule is CCCN1CCC(NC(=O)c2ccc(OCC)nc2)CC1. The number of carbonyl (C=O) groups is 1. The van der Waals surface area contributed by atoms with Gasteiger partial charge in [-0.3, -0.25) is 4.79 Å². The summed E-state index contributed by atoms with van der Waals surface area (Å²) < 4.78 is 5.28. The first kappa shape index (κ1) is 15.8. The maximum atomic E-state index is 12.2. The van der Waals surface area contributed by atoms with E-state index in [0.717, 1.165) is 32.5 Å². The van der Waals surface area contributed by atoms with Gasteiger partial charge in [0.2, 0.25) is 5.88 Å². The third-order valence-electron chi connectivity index (χ3n) is 3.75. The van der Waals surface area contributed by atoms with E-state index in [-0.39, 0.29) is 11.9 Å². The van der Waals surface area contributed by atoms with Crippen LogP contribution in [0.2, 0.25) is 0 Å². The molecule has 1 amide bonds. The molecule has 5 nitrogen and oxygen atoms in total. The molecule has 0 aromatic carbocycles. The highest BCUT2D eigenvalue weighted by atomic mass is 16.5. The minimum absolute atomic E-state index is 0.0421. The summed E-state index contributed by atoms with van der Waals surface area (Å²) in [5.74, 6) is 0.515. The Morgan fingerprint density at radius 2 is 2.14 bits per heavy atom. The third-order valence-corrected chi connectivity index (χ3v) is 3.75. The molecule has 1 aromatic rings. The lowest BCUT2D eigenvalue weighted by atomic mass is 10.0. The molecular formula is C16H25N3O2. The largest absolute Gasteiger partial charge is 0.478 e. The van der Waals surface area contributed by atoms with Crippen LogP contribution < -0.4 is 10.1 Å². The Hall–Kier alpha value is -1.62. The molecule has 1 fully saturated rings. The highest BCUT2D eigenvalue weighted by Gasteiger charge is 2.20. The lowest BCUT2D eigenvalue weighted by Crippen LogP contribution is -2.44. The molecule has 0 bridgehead atoms. The van der Waals surface area contributed by atoms with Gasteiger partial charge in [-0.25, -0.2) is 4.98 Å². The number of likely N-dealkylation sites (tertiary alicyclic amines) is 1. The van der Waals surface area contributed by atoms with E-state index in [0.29, 0.717) is 18.1 Å². The van der Waals surface area contributed by atoms with Crippen LogP contribution >= 0.6 is 0 Å². The predicted molar refractivity (Wildman–Crippen MR) is 82.6 cm³/mol. The van der Waals surface area contributed by atoms with Crippen molar-refractivity contribution in [2.75, 3.05) is 26.2 Å². The maximum absolute atomic E-state index is 12.2. The van der Waals surface area contributed by atoms with Crippen molar-refractivity contribution in [2.24, 2.45) is 0 Å². The van der Waals surface area contributed by atoms with Crippen molar-refractivity contribution < 1.29 is 9.53 Å². The number of hydrogen-bond acceptors (Lipinski definition) is 4. The molecule has 0 aliphatic carbocycles. The van der Waals surface area contributed by atoms with Crippen LogP contribution in [0.25, 0.3) is 0 Å². The Labute approximate surface area is 126 Å². The van der Waals surface area contributed by atoms with E-state index >= 15 is 0 Å². The van der Waals surface area contributed by atoms with E-state index in [1.54, 1.807) is 18.3 Å². The number of aromatic nitrogens is 1. The summed E-state index contributed by atoms with van der Waals surface area (Å²) in [6.07, 6.45) is 4.81. The van der Waals surface area contributed by atoms with Crippen molar-refractivity contribution in [1.29, 1.82) is 0 Å². The lowest BCUT2D eigenvalue weighted by molar-refractivity contribution is 0.0910. The van der Waals surface area contributed by atoms with Gasteiger partial charge in [0.1, 0.15) is 0 Å². The first-order chi connectivity index (χ1) is 10.2. The average molecular weight is 291 g/mol. The van der Waals surface area contributed by atoms with Crippen LogP contribution in [0.4, 0.5) is 0 Å². The molecule has 2 rings (SSSR count). The number of amides is 1. The zero-order chi connectivity index (χ0) is 15.1.